The first-order chi connectivity index (χ1) is 10.6. The molecule has 0 N–H and O–H groups in total. The minimum absolute atomic E-state index is 0.160. The molecule has 114 valence electrons. The summed E-state index contributed by atoms with van der Waals surface area (Å²) in [6.45, 7) is 5.68. The standard InChI is InChI=1S/C17H20N4O/c1-11-17(22)20-9-5-6-13(20)10-21(11)16-14-7-3-4-8-15(14)18-12(2)19-16/h3-4,7-8,11,13H,5-6,9-10H2,1-2H3/t11-,13-/m1/s1. The molecule has 0 unspecified atom stereocenters. The van der Waals surface area contributed by atoms with Crippen LogP contribution in [0.15, 0.2) is 24.3 Å². The van der Waals surface area contributed by atoms with E-state index in [9.17, 15) is 4.79 Å². The Balaban J connectivity index is 1.82. The first kappa shape index (κ1) is 13.5. The number of anilines is 1. The number of carbonyl (C=O) groups is 1. The molecule has 2 atom stereocenters. The zero-order valence-corrected chi connectivity index (χ0v) is 13.0. The lowest BCUT2D eigenvalue weighted by Gasteiger charge is -2.42. The van der Waals surface area contributed by atoms with E-state index in [0.717, 1.165) is 48.5 Å². The van der Waals surface area contributed by atoms with Crippen molar-refractivity contribution < 1.29 is 4.79 Å². The number of nitrogens with zero attached hydrogens (tertiary/aromatic N) is 4. The van der Waals surface area contributed by atoms with Gasteiger partial charge in [-0.05, 0) is 38.8 Å². The molecular weight excluding hydrogens is 276 g/mol. The number of piperazine rings is 1. The van der Waals surface area contributed by atoms with E-state index in [1.807, 2.05) is 38.1 Å². The third-order valence-electron chi connectivity index (χ3n) is 4.86. The maximum absolute atomic E-state index is 12.7. The summed E-state index contributed by atoms with van der Waals surface area (Å²) in [6, 6.07) is 8.21. The van der Waals surface area contributed by atoms with Crippen LogP contribution >= 0.6 is 0 Å². The fourth-order valence-electron chi connectivity index (χ4n) is 3.74. The fraction of sp³-hybridized carbons (Fsp3) is 0.471. The van der Waals surface area contributed by atoms with E-state index in [1.54, 1.807) is 0 Å². The average Bonchev–Trinajstić information content (AvgIpc) is 2.98. The van der Waals surface area contributed by atoms with Gasteiger partial charge >= 0.3 is 0 Å². The smallest absolute Gasteiger partial charge is 0.245 e. The van der Waals surface area contributed by atoms with Crippen LogP contribution in [0, 0.1) is 6.92 Å². The van der Waals surface area contributed by atoms with Gasteiger partial charge in [-0.2, -0.15) is 0 Å². The zero-order chi connectivity index (χ0) is 15.3. The van der Waals surface area contributed by atoms with Crippen LogP contribution in [-0.4, -0.2) is 45.9 Å². The molecule has 5 nitrogen and oxygen atoms in total. The topological polar surface area (TPSA) is 49.3 Å². The summed E-state index contributed by atoms with van der Waals surface area (Å²) in [7, 11) is 0. The SMILES string of the molecule is Cc1nc(N2C[C@H]3CCCN3C(=O)[C@H]2C)c2ccccc2n1. The molecule has 1 aromatic carbocycles. The van der Waals surface area contributed by atoms with Gasteiger partial charge in [-0.1, -0.05) is 12.1 Å². The van der Waals surface area contributed by atoms with Gasteiger partial charge in [0.1, 0.15) is 17.7 Å². The molecule has 2 fully saturated rings. The van der Waals surface area contributed by atoms with Crippen LogP contribution < -0.4 is 4.90 Å². The van der Waals surface area contributed by atoms with E-state index >= 15 is 0 Å². The maximum Gasteiger partial charge on any atom is 0.245 e. The number of aromatic nitrogens is 2. The molecule has 0 spiro atoms. The number of amides is 1. The number of carbonyl (C=O) groups excluding carboxylic acids is 1. The van der Waals surface area contributed by atoms with Gasteiger partial charge in [0.25, 0.3) is 0 Å². The van der Waals surface area contributed by atoms with Crippen LogP contribution in [0.3, 0.4) is 0 Å². The molecule has 0 radical (unpaired) electrons. The third kappa shape index (κ3) is 1.95. The number of aryl methyl sites for hydroxylation is 1. The van der Waals surface area contributed by atoms with Gasteiger partial charge in [-0.15, -0.1) is 0 Å². The maximum atomic E-state index is 12.7. The van der Waals surface area contributed by atoms with Crippen LogP contribution in [0.1, 0.15) is 25.6 Å². The molecule has 2 aromatic rings. The highest BCUT2D eigenvalue weighted by Gasteiger charge is 2.41. The van der Waals surface area contributed by atoms with E-state index in [-0.39, 0.29) is 11.9 Å². The van der Waals surface area contributed by atoms with Gasteiger partial charge < -0.3 is 9.80 Å². The van der Waals surface area contributed by atoms with E-state index in [1.165, 1.54) is 0 Å². The summed E-state index contributed by atoms with van der Waals surface area (Å²) in [5.74, 6) is 1.88. The van der Waals surface area contributed by atoms with Crippen molar-refractivity contribution >= 4 is 22.6 Å². The molecule has 5 heteroatoms. The Morgan fingerprint density at radius 2 is 2.00 bits per heavy atom. The monoisotopic (exact) mass is 296 g/mol. The predicted molar refractivity (Wildman–Crippen MR) is 85.8 cm³/mol. The van der Waals surface area contributed by atoms with Crippen LogP contribution in [0.5, 0.6) is 0 Å². The second-order valence-corrected chi connectivity index (χ2v) is 6.27. The van der Waals surface area contributed by atoms with Crippen molar-refractivity contribution in [1.82, 2.24) is 14.9 Å². The van der Waals surface area contributed by atoms with Crippen molar-refractivity contribution in [3.8, 4) is 0 Å². The Bertz CT molecular complexity index is 745. The Kier molecular flexibility index (Phi) is 3.03. The molecule has 2 aliphatic rings. The Morgan fingerprint density at radius 1 is 1.18 bits per heavy atom. The summed E-state index contributed by atoms with van der Waals surface area (Å²) in [5, 5.41) is 1.03. The molecule has 1 amide bonds. The van der Waals surface area contributed by atoms with Crippen molar-refractivity contribution in [1.29, 1.82) is 0 Å². The third-order valence-corrected chi connectivity index (χ3v) is 4.86. The molecule has 3 heterocycles. The quantitative estimate of drug-likeness (QED) is 0.809. The summed E-state index contributed by atoms with van der Waals surface area (Å²) in [6.07, 6.45) is 2.21. The first-order valence-electron chi connectivity index (χ1n) is 7.95. The van der Waals surface area contributed by atoms with Gasteiger partial charge in [0.05, 0.1) is 5.52 Å². The second-order valence-electron chi connectivity index (χ2n) is 6.27. The normalized spacial score (nSPS) is 24.9. The molecular formula is C17H20N4O. The number of para-hydroxylation sites is 1. The van der Waals surface area contributed by atoms with Crippen molar-refractivity contribution in [2.45, 2.75) is 38.8 Å². The predicted octanol–water partition coefficient (Wildman–Crippen LogP) is 2.14. The molecule has 0 bridgehead atoms. The molecule has 0 saturated carbocycles. The van der Waals surface area contributed by atoms with Crippen molar-refractivity contribution in [3.05, 3.63) is 30.1 Å². The Hall–Kier alpha value is -2.17. The molecule has 1 aromatic heterocycles. The van der Waals surface area contributed by atoms with Crippen LogP contribution in [0.2, 0.25) is 0 Å². The van der Waals surface area contributed by atoms with E-state index in [2.05, 4.69) is 19.8 Å². The summed E-state index contributed by atoms with van der Waals surface area (Å²) >= 11 is 0. The Morgan fingerprint density at radius 3 is 2.86 bits per heavy atom. The lowest BCUT2D eigenvalue weighted by atomic mass is 10.1. The van der Waals surface area contributed by atoms with Gasteiger partial charge in [-0.3, -0.25) is 4.79 Å². The van der Waals surface area contributed by atoms with E-state index in [4.69, 9.17) is 0 Å². The van der Waals surface area contributed by atoms with E-state index in [0.29, 0.717) is 6.04 Å². The van der Waals surface area contributed by atoms with Crippen molar-refractivity contribution in [2.75, 3.05) is 18.0 Å². The molecule has 2 saturated heterocycles. The van der Waals surface area contributed by atoms with Crippen LogP contribution in [0.4, 0.5) is 5.82 Å². The molecule has 0 aliphatic carbocycles. The highest BCUT2D eigenvalue weighted by Crippen LogP contribution is 2.32. The number of rotatable bonds is 1. The highest BCUT2D eigenvalue weighted by molar-refractivity contribution is 5.94. The summed E-state index contributed by atoms with van der Waals surface area (Å²) < 4.78 is 0. The number of hydrogen-bond acceptors (Lipinski definition) is 4. The minimum atomic E-state index is -0.160. The van der Waals surface area contributed by atoms with Gasteiger partial charge in [0.2, 0.25) is 5.91 Å². The van der Waals surface area contributed by atoms with Crippen molar-refractivity contribution in [2.24, 2.45) is 0 Å². The van der Waals surface area contributed by atoms with Gasteiger partial charge in [0.15, 0.2) is 0 Å². The lowest BCUT2D eigenvalue weighted by molar-refractivity contribution is -0.134. The fourth-order valence-corrected chi connectivity index (χ4v) is 3.74. The zero-order valence-electron chi connectivity index (χ0n) is 13.0. The van der Waals surface area contributed by atoms with Crippen LogP contribution in [0.25, 0.3) is 10.9 Å². The minimum Gasteiger partial charge on any atom is -0.342 e. The van der Waals surface area contributed by atoms with Gasteiger partial charge in [-0.25, -0.2) is 9.97 Å². The largest absolute Gasteiger partial charge is 0.342 e. The van der Waals surface area contributed by atoms with Gasteiger partial charge in [0, 0.05) is 24.5 Å². The second kappa shape index (κ2) is 4.93. The number of hydrogen-bond donors (Lipinski definition) is 0. The molecule has 2 aliphatic heterocycles. The molecule has 4 rings (SSSR count). The summed E-state index contributed by atoms with van der Waals surface area (Å²) in [4.78, 5) is 26.1. The van der Waals surface area contributed by atoms with Crippen LogP contribution in [-0.2, 0) is 4.79 Å². The number of benzene rings is 1. The summed E-state index contributed by atoms with van der Waals surface area (Å²) in [5.41, 5.74) is 0.943. The average molecular weight is 296 g/mol. The van der Waals surface area contributed by atoms with Crippen molar-refractivity contribution in [3.63, 3.8) is 0 Å². The highest BCUT2D eigenvalue weighted by atomic mass is 16.2. The lowest BCUT2D eigenvalue weighted by Crippen LogP contribution is -2.59. The molecule has 22 heavy (non-hydrogen) atoms. The first-order valence-corrected chi connectivity index (χ1v) is 7.95. The number of fused-ring (bicyclic) bond motifs is 2. The van der Waals surface area contributed by atoms with E-state index < -0.39 is 0 Å². The Labute approximate surface area is 130 Å².